The molecule has 19 heavy (non-hydrogen) atoms. The number of rotatable bonds is 3. The number of nitrogens with one attached hydrogen (secondary N) is 1. The molecule has 0 radical (unpaired) electrons. The van der Waals surface area contributed by atoms with E-state index in [-0.39, 0.29) is 0 Å². The van der Waals surface area contributed by atoms with E-state index in [0.717, 1.165) is 39.3 Å². The Morgan fingerprint density at radius 1 is 1.37 bits per heavy atom. The molecule has 1 saturated heterocycles. The Bertz CT molecular complexity index is 413. The minimum absolute atomic E-state index is 0.474. The first-order valence-electron chi connectivity index (χ1n) is 7.44. The zero-order valence-electron chi connectivity index (χ0n) is 11.7. The van der Waals surface area contributed by atoms with E-state index in [1.807, 2.05) is 11.3 Å². The summed E-state index contributed by atoms with van der Waals surface area (Å²) in [5, 5.41) is 4.78. The molecule has 1 aromatic rings. The van der Waals surface area contributed by atoms with Crippen molar-refractivity contribution in [2.45, 2.75) is 38.6 Å². The number of ether oxygens (including phenoxy) is 1. The van der Waals surface area contributed by atoms with Crippen molar-refractivity contribution in [3.05, 3.63) is 10.6 Å². The first kappa shape index (κ1) is 13.3. The quantitative estimate of drug-likeness (QED) is 0.923. The number of nitrogens with zero attached hydrogens (tertiary/aromatic N) is 2. The third-order valence-electron chi connectivity index (χ3n) is 3.89. The highest BCUT2D eigenvalue weighted by Gasteiger charge is 2.25. The highest BCUT2D eigenvalue weighted by atomic mass is 32.1. The molecule has 0 bridgehead atoms. The fourth-order valence-electron chi connectivity index (χ4n) is 2.92. The summed E-state index contributed by atoms with van der Waals surface area (Å²) in [6.07, 6.45) is 4.84. The van der Waals surface area contributed by atoms with Gasteiger partial charge in [0, 0.05) is 24.6 Å². The van der Waals surface area contributed by atoms with Gasteiger partial charge >= 0.3 is 0 Å². The molecule has 1 aliphatic heterocycles. The van der Waals surface area contributed by atoms with Crippen LogP contribution in [0.5, 0.6) is 0 Å². The van der Waals surface area contributed by atoms with Gasteiger partial charge in [-0.1, -0.05) is 6.92 Å². The zero-order chi connectivity index (χ0) is 13.1. The fraction of sp³-hybridized carbons (Fsp3) is 0.786. The van der Waals surface area contributed by atoms with Gasteiger partial charge in [0.1, 0.15) is 0 Å². The van der Waals surface area contributed by atoms with E-state index in [2.05, 4.69) is 17.1 Å². The summed E-state index contributed by atoms with van der Waals surface area (Å²) in [6.45, 7) is 6.99. The van der Waals surface area contributed by atoms with E-state index in [0.29, 0.717) is 6.04 Å². The standard InChI is InChI=1S/C14H23N3OS/c1-2-15-11-5-3-6-12-13(11)16-14(19-12)17-7-4-9-18-10-8-17/h11,15H,2-10H2,1H3. The van der Waals surface area contributed by atoms with Crippen LogP contribution in [0.4, 0.5) is 5.13 Å². The SMILES string of the molecule is CCNC1CCCc2sc(N3CCCOCC3)nc21. The minimum Gasteiger partial charge on any atom is -0.380 e. The lowest BCUT2D eigenvalue weighted by atomic mass is 9.98. The fourth-order valence-corrected chi connectivity index (χ4v) is 4.14. The van der Waals surface area contributed by atoms with Crippen molar-refractivity contribution in [1.82, 2.24) is 10.3 Å². The maximum atomic E-state index is 5.53. The molecule has 1 aromatic heterocycles. The molecular formula is C14H23N3OS. The maximum Gasteiger partial charge on any atom is 0.185 e. The maximum absolute atomic E-state index is 5.53. The lowest BCUT2D eigenvalue weighted by molar-refractivity contribution is 0.152. The van der Waals surface area contributed by atoms with E-state index in [4.69, 9.17) is 9.72 Å². The number of hydrogen-bond donors (Lipinski definition) is 1. The Morgan fingerprint density at radius 3 is 3.21 bits per heavy atom. The summed E-state index contributed by atoms with van der Waals surface area (Å²) >= 11 is 1.90. The molecule has 2 heterocycles. The van der Waals surface area contributed by atoms with Gasteiger partial charge in [0.25, 0.3) is 0 Å². The first-order chi connectivity index (χ1) is 9.38. The van der Waals surface area contributed by atoms with E-state index in [9.17, 15) is 0 Å². The number of anilines is 1. The lowest BCUT2D eigenvalue weighted by Crippen LogP contribution is -2.27. The van der Waals surface area contributed by atoms with Crippen LogP contribution in [0, 0.1) is 0 Å². The number of aryl methyl sites for hydroxylation is 1. The monoisotopic (exact) mass is 281 g/mol. The van der Waals surface area contributed by atoms with Crippen LogP contribution in [0.3, 0.4) is 0 Å². The predicted molar refractivity (Wildman–Crippen MR) is 79.1 cm³/mol. The van der Waals surface area contributed by atoms with Gasteiger partial charge in [-0.05, 0) is 32.2 Å². The summed E-state index contributed by atoms with van der Waals surface area (Å²) in [5.41, 5.74) is 1.32. The molecule has 1 N–H and O–H groups in total. The van der Waals surface area contributed by atoms with Crippen LogP contribution in [-0.4, -0.2) is 37.8 Å². The van der Waals surface area contributed by atoms with Crippen molar-refractivity contribution in [3.63, 3.8) is 0 Å². The smallest absolute Gasteiger partial charge is 0.185 e. The molecule has 1 atom stereocenters. The Morgan fingerprint density at radius 2 is 2.32 bits per heavy atom. The first-order valence-corrected chi connectivity index (χ1v) is 8.26. The summed E-state index contributed by atoms with van der Waals surface area (Å²) in [5.74, 6) is 0. The molecule has 0 amide bonds. The van der Waals surface area contributed by atoms with Crippen LogP contribution in [0.15, 0.2) is 0 Å². The van der Waals surface area contributed by atoms with Crippen molar-refractivity contribution in [2.75, 3.05) is 37.7 Å². The van der Waals surface area contributed by atoms with Gasteiger partial charge in [0.05, 0.1) is 18.3 Å². The molecule has 1 fully saturated rings. The largest absolute Gasteiger partial charge is 0.380 e. The molecule has 0 spiro atoms. The van der Waals surface area contributed by atoms with Crippen LogP contribution in [0.1, 0.15) is 42.8 Å². The third kappa shape index (κ3) is 2.93. The van der Waals surface area contributed by atoms with Gasteiger partial charge in [0.2, 0.25) is 0 Å². The van der Waals surface area contributed by atoms with Crippen LogP contribution >= 0.6 is 11.3 Å². The van der Waals surface area contributed by atoms with Crippen LogP contribution in [0.25, 0.3) is 0 Å². The average Bonchev–Trinajstić information content (AvgIpc) is 2.68. The number of hydrogen-bond acceptors (Lipinski definition) is 5. The van der Waals surface area contributed by atoms with Crippen LogP contribution in [-0.2, 0) is 11.2 Å². The van der Waals surface area contributed by atoms with Gasteiger partial charge in [-0.2, -0.15) is 0 Å². The highest BCUT2D eigenvalue weighted by molar-refractivity contribution is 7.15. The van der Waals surface area contributed by atoms with E-state index < -0.39 is 0 Å². The van der Waals surface area contributed by atoms with Crippen molar-refractivity contribution < 1.29 is 4.74 Å². The molecular weight excluding hydrogens is 258 g/mol. The highest BCUT2D eigenvalue weighted by Crippen LogP contribution is 2.36. The Balaban J connectivity index is 1.80. The molecule has 0 aromatic carbocycles. The Labute approximate surface area is 119 Å². The summed E-state index contributed by atoms with van der Waals surface area (Å²) in [6, 6.07) is 0.474. The predicted octanol–water partition coefficient (Wildman–Crippen LogP) is 2.36. The molecule has 0 saturated carbocycles. The van der Waals surface area contributed by atoms with E-state index >= 15 is 0 Å². The second-order valence-electron chi connectivity index (χ2n) is 5.26. The van der Waals surface area contributed by atoms with Gasteiger partial charge in [-0.15, -0.1) is 11.3 Å². The van der Waals surface area contributed by atoms with Crippen molar-refractivity contribution in [2.24, 2.45) is 0 Å². The normalized spacial score (nSPS) is 24.1. The molecule has 106 valence electrons. The second-order valence-corrected chi connectivity index (χ2v) is 6.32. The van der Waals surface area contributed by atoms with Gasteiger partial charge < -0.3 is 15.0 Å². The van der Waals surface area contributed by atoms with Gasteiger partial charge in [-0.3, -0.25) is 0 Å². The van der Waals surface area contributed by atoms with Gasteiger partial charge in [0.15, 0.2) is 5.13 Å². The Kier molecular flexibility index (Phi) is 4.35. The topological polar surface area (TPSA) is 37.4 Å². The lowest BCUT2D eigenvalue weighted by Gasteiger charge is -2.21. The number of fused-ring (bicyclic) bond motifs is 1. The van der Waals surface area contributed by atoms with E-state index in [1.54, 1.807) is 0 Å². The summed E-state index contributed by atoms with van der Waals surface area (Å²) in [7, 11) is 0. The third-order valence-corrected chi connectivity index (χ3v) is 5.08. The van der Waals surface area contributed by atoms with Crippen molar-refractivity contribution >= 4 is 16.5 Å². The molecule has 3 rings (SSSR count). The van der Waals surface area contributed by atoms with Crippen molar-refractivity contribution in [3.8, 4) is 0 Å². The second kappa shape index (κ2) is 6.20. The van der Waals surface area contributed by atoms with Crippen LogP contribution < -0.4 is 10.2 Å². The molecule has 1 unspecified atom stereocenters. The van der Waals surface area contributed by atoms with Crippen molar-refractivity contribution in [1.29, 1.82) is 0 Å². The minimum atomic E-state index is 0.474. The molecule has 5 heteroatoms. The summed E-state index contributed by atoms with van der Waals surface area (Å²) in [4.78, 5) is 8.84. The average molecular weight is 281 g/mol. The van der Waals surface area contributed by atoms with E-state index in [1.165, 1.54) is 35.0 Å². The molecule has 4 nitrogen and oxygen atoms in total. The Hall–Kier alpha value is -0.650. The molecule has 2 aliphatic rings. The molecule has 1 aliphatic carbocycles. The summed E-state index contributed by atoms with van der Waals surface area (Å²) < 4.78 is 5.53. The number of aromatic nitrogens is 1. The number of thiazole rings is 1. The van der Waals surface area contributed by atoms with Crippen LogP contribution in [0.2, 0.25) is 0 Å². The zero-order valence-corrected chi connectivity index (χ0v) is 12.5. The van der Waals surface area contributed by atoms with Gasteiger partial charge in [-0.25, -0.2) is 4.98 Å².